The molecule has 0 saturated carbocycles. The lowest BCUT2D eigenvalue weighted by molar-refractivity contribution is 0.463. The molecule has 26 heteroatoms. The molecule has 2 aromatic carbocycles. The largest absolute Gasteiger partial charge is 0.297 e. The summed E-state index contributed by atoms with van der Waals surface area (Å²) >= 11 is 11.0. The van der Waals surface area contributed by atoms with Gasteiger partial charge in [-0.3, -0.25) is 27.3 Å². The quantitative estimate of drug-likeness (QED) is 0.209. The molecular weight excluding hydrogens is 695 g/mol. The van der Waals surface area contributed by atoms with Crippen molar-refractivity contribution in [3.8, 4) is 11.1 Å². The lowest BCUT2D eigenvalue weighted by atomic mass is 10.1. The highest BCUT2D eigenvalue weighted by Gasteiger charge is 2.40. The van der Waals surface area contributed by atoms with E-state index in [2.05, 4.69) is 0 Å². The van der Waals surface area contributed by atoms with Gasteiger partial charge in [0.2, 0.25) is 0 Å². The normalized spacial score (nSPS) is 14.0. The smallest absolute Gasteiger partial charge is 0.282 e. The van der Waals surface area contributed by atoms with E-state index in [9.17, 15) is 77.8 Å². The van der Waals surface area contributed by atoms with Gasteiger partial charge in [0.05, 0.1) is 10.0 Å². The third kappa shape index (κ3) is 6.28. The minimum absolute atomic E-state index is 0.269. The van der Waals surface area contributed by atoms with Gasteiger partial charge in [0, 0.05) is 11.1 Å². The summed E-state index contributed by atoms with van der Waals surface area (Å²) in [5.41, 5.74) is -3.81. The highest BCUT2D eigenvalue weighted by atomic mass is 35.5. The van der Waals surface area contributed by atoms with Crippen molar-refractivity contribution in [1.29, 1.82) is 0 Å². The molecular formula is C12H8Cl2O18S6. The maximum Gasteiger partial charge on any atom is 0.297 e. The Balaban J connectivity index is 3.73. The molecule has 0 aromatic heterocycles. The van der Waals surface area contributed by atoms with Crippen LogP contribution in [0.1, 0.15) is 0 Å². The summed E-state index contributed by atoms with van der Waals surface area (Å²) in [6.07, 6.45) is 0. The molecule has 0 amide bonds. The van der Waals surface area contributed by atoms with Crippen LogP contribution in [0, 0.1) is 0 Å². The van der Waals surface area contributed by atoms with Gasteiger partial charge in [-0.2, -0.15) is 50.5 Å². The number of halogens is 2. The van der Waals surface area contributed by atoms with Crippen molar-refractivity contribution >= 4 is 83.9 Å². The fourth-order valence-electron chi connectivity index (χ4n) is 2.94. The molecule has 0 radical (unpaired) electrons. The third-order valence-corrected chi connectivity index (χ3v) is 11.1. The molecule has 38 heavy (non-hydrogen) atoms. The van der Waals surface area contributed by atoms with Crippen molar-refractivity contribution in [2.24, 2.45) is 0 Å². The molecule has 2 rings (SSSR count). The van der Waals surface area contributed by atoms with Crippen LogP contribution >= 0.6 is 23.2 Å². The Morgan fingerprint density at radius 1 is 0.395 bits per heavy atom. The maximum atomic E-state index is 12.1. The molecule has 18 nitrogen and oxygen atoms in total. The summed E-state index contributed by atoms with van der Waals surface area (Å²) in [4.78, 5) is -12.9. The molecule has 0 atom stereocenters. The van der Waals surface area contributed by atoms with Gasteiger partial charge >= 0.3 is 0 Å². The van der Waals surface area contributed by atoms with Crippen LogP contribution < -0.4 is 0 Å². The van der Waals surface area contributed by atoms with Crippen molar-refractivity contribution in [2.75, 3.05) is 0 Å². The van der Waals surface area contributed by atoms with E-state index in [4.69, 9.17) is 23.2 Å². The topological polar surface area (TPSA) is 326 Å². The van der Waals surface area contributed by atoms with Crippen LogP contribution in [-0.2, 0) is 60.7 Å². The summed E-state index contributed by atoms with van der Waals surface area (Å²) in [7, 11) is -36.2. The van der Waals surface area contributed by atoms with Crippen LogP contribution in [0.25, 0.3) is 11.1 Å². The minimum atomic E-state index is -6.18. The van der Waals surface area contributed by atoms with E-state index in [1.165, 1.54) is 0 Å². The van der Waals surface area contributed by atoms with Gasteiger partial charge in [-0.1, -0.05) is 23.2 Å². The Kier molecular flexibility index (Phi) is 8.21. The van der Waals surface area contributed by atoms with Gasteiger partial charge in [0.25, 0.3) is 60.7 Å². The van der Waals surface area contributed by atoms with Crippen molar-refractivity contribution in [3.05, 3.63) is 22.2 Å². The Bertz CT molecular complexity index is 1910. The van der Waals surface area contributed by atoms with Crippen molar-refractivity contribution in [2.45, 2.75) is 29.4 Å². The molecule has 0 heterocycles. The van der Waals surface area contributed by atoms with E-state index in [0.717, 1.165) is 0 Å². The van der Waals surface area contributed by atoms with Crippen LogP contribution in [0.5, 0.6) is 0 Å². The predicted molar refractivity (Wildman–Crippen MR) is 121 cm³/mol. The monoisotopic (exact) mass is 702 g/mol. The highest BCUT2D eigenvalue weighted by Crippen LogP contribution is 2.46. The van der Waals surface area contributed by atoms with Gasteiger partial charge in [0.15, 0.2) is 0 Å². The number of hydrogen-bond acceptors (Lipinski definition) is 12. The maximum absolute atomic E-state index is 12.1. The van der Waals surface area contributed by atoms with Gasteiger partial charge < -0.3 is 0 Å². The molecule has 2 aromatic rings. The molecule has 0 saturated heterocycles. The Morgan fingerprint density at radius 3 is 0.763 bits per heavy atom. The Labute approximate surface area is 223 Å². The SMILES string of the molecule is O=S(=O)(O)c1cc(-c2cc(S(=O)(=O)O)c(Cl)c(S(=O)(=O)O)c2S(=O)(=O)O)c(S(=O)(=O)O)c(S(=O)(=O)O)c1Cl. The molecule has 0 unspecified atom stereocenters. The number of hydrogen-bond donors (Lipinski definition) is 6. The molecule has 0 aliphatic rings. The van der Waals surface area contributed by atoms with Crippen molar-refractivity contribution < 1.29 is 77.8 Å². The third-order valence-electron chi connectivity index (χ3n) is 4.16. The van der Waals surface area contributed by atoms with E-state index in [-0.39, 0.29) is 12.1 Å². The van der Waals surface area contributed by atoms with Gasteiger partial charge in [-0.25, -0.2) is 0 Å². The fourth-order valence-corrected chi connectivity index (χ4v) is 10.0. The minimum Gasteiger partial charge on any atom is -0.282 e. The summed E-state index contributed by atoms with van der Waals surface area (Å²) in [6, 6.07) is -0.538. The van der Waals surface area contributed by atoms with Gasteiger partial charge in [0.1, 0.15) is 29.4 Å². The molecule has 214 valence electrons. The summed E-state index contributed by atoms with van der Waals surface area (Å²) in [5.74, 6) is 0. The van der Waals surface area contributed by atoms with Crippen molar-refractivity contribution in [3.63, 3.8) is 0 Å². The molecule has 0 aliphatic carbocycles. The van der Waals surface area contributed by atoms with Crippen LogP contribution in [0.2, 0.25) is 10.0 Å². The zero-order chi connectivity index (χ0) is 30.2. The number of rotatable bonds is 7. The lowest BCUT2D eigenvalue weighted by Crippen LogP contribution is -2.17. The van der Waals surface area contributed by atoms with Crippen LogP contribution in [-0.4, -0.2) is 77.8 Å². The lowest BCUT2D eigenvalue weighted by Gasteiger charge is -2.19. The van der Waals surface area contributed by atoms with Crippen LogP contribution in [0.4, 0.5) is 0 Å². The summed E-state index contributed by atoms with van der Waals surface area (Å²) < 4.78 is 201. The van der Waals surface area contributed by atoms with E-state index in [1.807, 2.05) is 0 Å². The molecule has 0 bridgehead atoms. The van der Waals surface area contributed by atoms with E-state index in [1.54, 1.807) is 0 Å². The first-order valence-corrected chi connectivity index (χ1v) is 17.5. The highest BCUT2D eigenvalue weighted by molar-refractivity contribution is 7.90. The molecule has 0 spiro atoms. The second-order valence-electron chi connectivity index (χ2n) is 6.64. The Morgan fingerprint density at radius 2 is 0.605 bits per heavy atom. The molecule has 0 aliphatic heterocycles. The van der Waals surface area contributed by atoms with E-state index < -0.39 is 111 Å². The zero-order valence-corrected chi connectivity index (χ0v) is 23.4. The first kappa shape index (κ1) is 32.7. The Hall–Kier alpha value is -1.52. The fraction of sp³-hybridized carbons (Fsp3) is 0. The number of benzene rings is 2. The van der Waals surface area contributed by atoms with E-state index >= 15 is 0 Å². The first-order valence-electron chi connectivity index (χ1n) is 8.10. The average molecular weight is 703 g/mol. The standard InChI is InChI=1S/C12H8Cl2O18S6/c13-7-5(33(15,16)17)1-3(9(35(21,22)23)11(7)37(27,28)29)4-2-6(34(18,19)20)8(14)12(38(30,31)32)10(4)36(24,25)26/h1-2H,(H,15,16,17)(H,18,19,20)(H,21,22,23)(H,24,25,26)(H,27,28,29)(H,30,31,32). The van der Waals surface area contributed by atoms with E-state index in [0.29, 0.717) is 0 Å². The summed E-state index contributed by atoms with van der Waals surface area (Å²) in [5, 5.41) is -3.70. The second kappa shape index (κ2) is 9.54. The van der Waals surface area contributed by atoms with Crippen molar-refractivity contribution in [1.82, 2.24) is 0 Å². The zero-order valence-electron chi connectivity index (χ0n) is 16.9. The molecule has 0 fully saturated rings. The van der Waals surface area contributed by atoms with Crippen LogP contribution in [0.3, 0.4) is 0 Å². The predicted octanol–water partition coefficient (Wildman–Crippen LogP) is 0.141. The summed E-state index contributed by atoms with van der Waals surface area (Å²) in [6.45, 7) is 0. The van der Waals surface area contributed by atoms with Gasteiger partial charge in [-0.05, 0) is 12.1 Å². The van der Waals surface area contributed by atoms with Gasteiger partial charge in [-0.15, -0.1) is 0 Å². The first-order chi connectivity index (χ1) is 16.5. The van der Waals surface area contributed by atoms with Crippen LogP contribution in [0.15, 0.2) is 41.5 Å². The second-order valence-corrected chi connectivity index (χ2v) is 15.6. The molecule has 6 N–H and O–H groups in total. The average Bonchev–Trinajstić information content (AvgIpc) is 2.61.